The second-order valence-electron chi connectivity index (χ2n) is 6.42. The number of thioether (sulfide) groups is 1. The Balaban J connectivity index is 2.03. The molecular weight excluding hydrogens is 363 g/mol. The van der Waals surface area contributed by atoms with E-state index in [0.717, 1.165) is 16.9 Å². The van der Waals surface area contributed by atoms with Gasteiger partial charge in [-0.25, -0.2) is 4.39 Å². The third kappa shape index (κ3) is 6.40. The molecule has 1 atom stereocenters. The third-order valence-electron chi connectivity index (χ3n) is 4.26. The molecule has 0 saturated carbocycles. The van der Waals surface area contributed by atoms with E-state index < -0.39 is 6.04 Å². The van der Waals surface area contributed by atoms with Crippen molar-refractivity contribution in [2.24, 2.45) is 0 Å². The lowest BCUT2D eigenvalue weighted by Crippen LogP contribution is -2.47. The summed E-state index contributed by atoms with van der Waals surface area (Å²) in [6.45, 7) is 4.00. The van der Waals surface area contributed by atoms with Gasteiger partial charge in [0.05, 0.1) is 5.75 Å². The first kappa shape index (κ1) is 21.0. The van der Waals surface area contributed by atoms with E-state index in [4.69, 9.17) is 0 Å². The van der Waals surface area contributed by atoms with E-state index in [-0.39, 0.29) is 29.9 Å². The topological polar surface area (TPSA) is 49.4 Å². The monoisotopic (exact) mass is 388 g/mol. The summed E-state index contributed by atoms with van der Waals surface area (Å²) >= 11 is 1.52. The zero-order chi connectivity index (χ0) is 19.8. The maximum Gasteiger partial charge on any atom is 0.242 e. The number of likely N-dealkylation sites (N-methyl/N-ethyl adjacent to an activating group) is 1. The van der Waals surface area contributed by atoms with E-state index in [2.05, 4.69) is 11.4 Å². The van der Waals surface area contributed by atoms with E-state index in [1.807, 2.05) is 25.1 Å². The van der Waals surface area contributed by atoms with Crippen LogP contribution in [0.2, 0.25) is 0 Å². The summed E-state index contributed by atoms with van der Waals surface area (Å²) in [5.41, 5.74) is 3.13. The zero-order valence-electron chi connectivity index (χ0n) is 15.9. The molecule has 2 aromatic rings. The van der Waals surface area contributed by atoms with Crippen LogP contribution in [-0.2, 0) is 21.9 Å². The quantitative estimate of drug-likeness (QED) is 0.753. The van der Waals surface area contributed by atoms with Gasteiger partial charge in [-0.3, -0.25) is 9.59 Å². The number of hydrogen-bond acceptors (Lipinski definition) is 3. The van der Waals surface area contributed by atoms with Crippen LogP contribution in [0.3, 0.4) is 0 Å². The van der Waals surface area contributed by atoms with Gasteiger partial charge < -0.3 is 10.2 Å². The summed E-state index contributed by atoms with van der Waals surface area (Å²) in [4.78, 5) is 26.4. The van der Waals surface area contributed by atoms with E-state index in [9.17, 15) is 14.0 Å². The van der Waals surface area contributed by atoms with Gasteiger partial charge in [-0.1, -0.05) is 42.0 Å². The van der Waals surface area contributed by atoms with Crippen molar-refractivity contribution in [1.29, 1.82) is 0 Å². The predicted molar refractivity (Wildman–Crippen MR) is 108 cm³/mol. The average Bonchev–Trinajstić information content (AvgIpc) is 2.66. The molecule has 0 radical (unpaired) electrons. The fourth-order valence-corrected chi connectivity index (χ4v) is 3.58. The van der Waals surface area contributed by atoms with Crippen LogP contribution in [0.1, 0.15) is 23.6 Å². The van der Waals surface area contributed by atoms with Crippen LogP contribution in [-0.4, -0.2) is 35.6 Å². The highest BCUT2D eigenvalue weighted by atomic mass is 32.2. The number of carbonyl (C=O) groups excluding carboxylic acids is 2. The molecule has 0 saturated heterocycles. The average molecular weight is 389 g/mol. The summed E-state index contributed by atoms with van der Waals surface area (Å²) in [5.74, 6) is 0.328. The molecule has 27 heavy (non-hydrogen) atoms. The van der Waals surface area contributed by atoms with Crippen molar-refractivity contribution >= 4 is 23.6 Å². The van der Waals surface area contributed by atoms with Crippen LogP contribution in [0.4, 0.5) is 4.39 Å². The van der Waals surface area contributed by atoms with Gasteiger partial charge in [0.25, 0.3) is 0 Å². The highest BCUT2D eigenvalue weighted by Crippen LogP contribution is 2.17. The summed E-state index contributed by atoms with van der Waals surface area (Å²) in [5, 5.41) is 2.58. The first-order valence-corrected chi connectivity index (χ1v) is 9.95. The summed E-state index contributed by atoms with van der Waals surface area (Å²) in [6.07, 6.45) is 0. The van der Waals surface area contributed by atoms with Gasteiger partial charge in [0, 0.05) is 19.3 Å². The van der Waals surface area contributed by atoms with Crippen molar-refractivity contribution < 1.29 is 14.0 Å². The van der Waals surface area contributed by atoms with Crippen LogP contribution in [0, 0.1) is 12.7 Å². The van der Waals surface area contributed by atoms with Crippen molar-refractivity contribution in [3.63, 3.8) is 0 Å². The Morgan fingerprint density at radius 2 is 1.85 bits per heavy atom. The van der Waals surface area contributed by atoms with Crippen molar-refractivity contribution in [2.75, 3.05) is 12.8 Å². The molecule has 0 aliphatic heterocycles. The number of halogens is 1. The Morgan fingerprint density at radius 1 is 1.15 bits per heavy atom. The van der Waals surface area contributed by atoms with Gasteiger partial charge in [0.2, 0.25) is 11.8 Å². The molecule has 0 aromatic heterocycles. The molecule has 0 aliphatic rings. The van der Waals surface area contributed by atoms with E-state index >= 15 is 0 Å². The number of nitrogens with zero attached hydrogens (tertiary/aromatic N) is 1. The van der Waals surface area contributed by atoms with E-state index in [0.29, 0.717) is 0 Å². The van der Waals surface area contributed by atoms with Crippen LogP contribution in [0.5, 0.6) is 0 Å². The number of rotatable bonds is 8. The third-order valence-corrected chi connectivity index (χ3v) is 5.25. The maximum absolute atomic E-state index is 13.1. The largest absolute Gasteiger partial charge is 0.357 e. The molecule has 4 nitrogen and oxygen atoms in total. The number of hydrogen-bond donors (Lipinski definition) is 1. The molecule has 0 heterocycles. The molecular formula is C21H25FN2O2S. The molecule has 6 heteroatoms. The maximum atomic E-state index is 13.1. The van der Waals surface area contributed by atoms with Crippen LogP contribution >= 0.6 is 11.8 Å². The molecule has 2 aromatic carbocycles. The summed E-state index contributed by atoms with van der Waals surface area (Å²) < 4.78 is 13.1. The number of carbonyl (C=O) groups is 2. The van der Waals surface area contributed by atoms with Crippen LogP contribution in [0.15, 0.2) is 48.5 Å². The second kappa shape index (κ2) is 10.1. The van der Waals surface area contributed by atoms with Gasteiger partial charge in [-0.2, -0.15) is 0 Å². The fraction of sp³-hybridized carbons (Fsp3) is 0.333. The molecule has 0 unspecified atom stereocenters. The molecule has 2 rings (SSSR count). The van der Waals surface area contributed by atoms with Gasteiger partial charge in [-0.15, -0.1) is 11.8 Å². The number of nitrogens with one attached hydrogen (secondary N) is 1. The normalized spacial score (nSPS) is 11.7. The zero-order valence-corrected chi connectivity index (χ0v) is 16.7. The molecule has 0 bridgehead atoms. The molecule has 2 amide bonds. The standard InChI is InChI=1S/C21H25FN2O2S/c1-15-5-4-6-18(11-15)13-27-14-20(25)24(16(2)21(26)23-3)12-17-7-9-19(22)10-8-17/h4-11,16H,12-14H2,1-3H3,(H,23,26)/t16-/m0/s1. The molecule has 0 aliphatic carbocycles. The van der Waals surface area contributed by atoms with Gasteiger partial charge in [0.1, 0.15) is 11.9 Å². The Labute approximate surface area is 164 Å². The molecule has 0 spiro atoms. The minimum absolute atomic E-state index is 0.118. The highest BCUT2D eigenvalue weighted by molar-refractivity contribution is 7.99. The van der Waals surface area contributed by atoms with Crippen molar-refractivity contribution in [3.8, 4) is 0 Å². The lowest BCUT2D eigenvalue weighted by Gasteiger charge is -2.28. The minimum Gasteiger partial charge on any atom is -0.357 e. The smallest absolute Gasteiger partial charge is 0.242 e. The van der Waals surface area contributed by atoms with Crippen LogP contribution < -0.4 is 5.32 Å². The van der Waals surface area contributed by atoms with E-state index in [1.165, 1.54) is 34.4 Å². The predicted octanol–water partition coefficient (Wildman–Crippen LogP) is 3.53. The first-order valence-electron chi connectivity index (χ1n) is 8.79. The summed E-state index contributed by atoms with van der Waals surface area (Å²) in [6, 6.07) is 13.5. The lowest BCUT2D eigenvalue weighted by atomic mass is 10.1. The summed E-state index contributed by atoms with van der Waals surface area (Å²) in [7, 11) is 1.55. The van der Waals surface area contributed by atoms with Gasteiger partial charge in [-0.05, 0) is 37.1 Å². The Hall–Kier alpha value is -2.34. The first-order chi connectivity index (χ1) is 12.9. The van der Waals surface area contributed by atoms with E-state index in [1.54, 1.807) is 26.1 Å². The molecule has 1 N–H and O–H groups in total. The second-order valence-corrected chi connectivity index (χ2v) is 7.41. The van der Waals surface area contributed by atoms with Gasteiger partial charge in [0.15, 0.2) is 0 Å². The minimum atomic E-state index is -0.605. The van der Waals surface area contributed by atoms with Gasteiger partial charge >= 0.3 is 0 Å². The molecule has 144 valence electrons. The highest BCUT2D eigenvalue weighted by Gasteiger charge is 2.25. The van der Waals surface area contributed by atoms with Crippen molar-refractivity contribution in [2.45, 2.75) is 32.2 Å². The Bertz CT molecular complexity index is 780. The number of aryl methyl sites for hydroxylation is 1. The lowest BCUT2D eigenvalue weighted by molar-refractivity contribution is -0.138. The Morgan fingerprint density at radius 3 is 2.48 bits per heavy atom. The number of amides is 2. The van der Waals surface area contributed by atoms with Crippen molar-refractivity contribution in [1.82, 2.24) is 10.2 Å². The fourth-order valence-electron chi connectivity index (χ4n) is 2.72. The van der Waals surface area contributed by atoms with Crippen molar-refractivity contribution in [3.05, 3.63) is 71.0 Å². The number of benzene rings is 2. The Kier molecular flexibility index (Phi) is 7.85. The SMILES string of the molecule is CNC(=O)[C@H](C)N(Cc1ccc(F)cc1)C(=O)CSCc1cccc(C)c1. The van der Waals surface area contributed by atoms with Crippen LogP contribution in [0.25, 0.3) is 0 Å². The molecule has 0 fully saturated rings.